The first kappa shape index (κ1) is 9.06. The van der Waals surface area contributed by atoms with Gasteiger partial charge < -0.3 is 9.88 Å². The smallest absolute Gasteiger partial charge is 0.246 e. The van der Waals surface area contributed by atoms with Crippen LogP contribution in [-0.2, 0) is 4.79 Å². The number of carbonyl (C=O) groups excluding carboxylic acids is 1. The molecule has 0 aromatic carbocycles. The lowest BCUT2D eigenvalue weighted by atomic mass is 10.1. The molecule has 1 aromatic rings. The molecular formula is C11H14N2O. The minimum Gasteiger partial charge on any atom is -0.363 e. The van der Waals surface area contributed by atoms with E-state index in [0.717, 1.165) is 25.1 Å². The van der Waals surface area contributed by atoms with Crippen LogP contribution >= 0.6 is 0 Å². The Morgan fingerprint density at radius 3 is 3.21 bits per heavy atom. The van der Waals surface area contributed by atoms with Crippen LogP contribution in [0, 0.1) is 0 Å². The van der Waals surface area contributed by atoms with Gasteiger partial charge in [0.1, 0.15) is 0 Å². The predicted molar refractivity (Wildman–Crippen MR) is 54.7 cm³/mol. The molecule has 1 N–H and O–H groups in total. The molecule has 0 spiro atoms. The fraction of sp³-hybridized carbons (Fsp3) is 0.364. The van der Waals surface area contributed by atoms with Crippen LogP contribution in [0.15, 0.2) is 31.0 Å². The monoisotopic (exact) mass is 190 g/mol. The van der Waals surface area contributed by atoms with E-state index in [0.29, 0.717) is 0 Å². The molecule has 1 atom stereocenters. The van der Waals surface area contributed by atoms with Gasteiger partial charge in [0.05, 0.1) is 6.04 Å². The number of carbonyl (C=O) groups is 1. The minimum absolute atomic E-state index is 0.0297. The van der Waals surface area contributed by atoms with E-state index in [1.807, 2.05) is 23.2 Å². The third-order valence-corrected chi connectivity index (χ3v) is 2.69. The van der Waals surface area contributed by atoms with Gasteiger partial charge in [-0.15, -0.1) is 0 Å². The summed E-state index contributed by atoms with van der Waals surface area (Å²) in [6.45, 7) is 4.36. The zero-order valence-corrected chi connectivity index (χ0v) is 8.07. The van der Waals surface area contributed by atoms with E-state index in [4.69, 9.17) is 0 Å². The Bertz CT molecular complexity index is 329. The molecule has 1 amide bonds. The number of H-pyrrole nitrogens is 1. The van der Waals surface area contributed by atoms with E-state index in [1.165, 1.54) is 6.08 Å². The molecule has 1 aliphatic heterocycles. The summed E-state index contributed by atoms with van der Waals surface area (Å²) in [5.41, 5.74) is 1.12. The quantitative estimate of drug-likeness (QED) is 0.710. The third kappa shape index (κ3) is 1.45. The summed E-state index contributed by atoms with van der Waals surface area (Å²) in [5.74, 6) is 0.0297. The first-order valence-corrected chi connectivity index (χ1v) is 4.89. The Balaban J connectivity index is 2.19. The van der Waals surface area contributed by atoms with Gasteiger partial charge in [-0.2, -0.15) is 0 Å². The number of nitrogens with one attached hydrogen (secondary N) is 1. The maximum Gasteiger partial charge on any atom is 0.246 e. The van der Waals surface area contributed by atoms with Gasteiger partial charge in [-0.25, -0.2) is 0 Å². The highest BCUT2D eigenvalue weighted by atomic mass is 16.2. The van der Waals surface area contributed by atoms with Crippen molar-refractivity contribution >= 4 is 5.91 Å². The molecule has 3 heteroatoms. The number of nitrogens with zero attached hydrogens (tertiary/aromatic N) is 1. The summed E-state index contributed by atoms with van der Waals surface area (Å²) < 4.78 is 0. The lowest BCUT2D eigenvalue weighted by molar-refractivity contribution is -0.126. The second kappa shape index (κ2) is 3.70. The van der Waals surface area contributed by atoms with Crippen LogP contribution in [0.3, 0.4) is 0 Å². The topological polar surface area (TPSA) is 36.1 Å². The molecule has 14 heavy (non-hydrogen) atoms. The predicted octanol–water partition coefficient (Wildman–Crippen LogP) is 1.86. The molecule has 0 saturated carbocycles. The van der Waals surface area contributed by atoms with Gasteiger partial charge in [-0.05, 0) is 31.1 Å². The highest BCUT2D eigenvalue weighted by Crippen LogP contribution is 2.30. The van der Waals surface area contributed by atoms with Crippen molar-refractivity contribution in [3.63, 3.8) is 0 Å². The molecule has 1 unspecified atom stereocenters. The van der Waals surface area contributed by atoms with E-state index in [2.05, 4.69) is 11.6 Å². The molecule has 1 aliphatic rings. The number of aromatic nitrogens is 1. The van der Waals surface area contributed by atoms with Gasteiger partial charge >= 0.3 is 0 Å². The number of rotatable bonds is 2. The Hall–Kier alpha value is -1.51. The first-order chi connectivity index (χ1) is 6.83. The minimum atomic E-state index is 0.0297. The van der Waals surface area contributed by atoms with Gasteiger partial charge in [-0.3, -0.25) is 4.79 Å². The second-order valence-electron chi connectivity index (χ2n) is 3.52. The van der Waals surface area contributed by atoms with Gasteiger partial charge in [0.25, 0.3) is 0 Å². The molecule has 0 radical (unpaired) electrons. The van der Waals surface area contributed by atoms with Crippen LogP contribution < -0.4 is 0 Å². The van der Waals surface area contributed by atoms with Gasteiger partial charge in [0, 0.05) is 18.4 Å². The summed E-state index contributed by atoms with van der Waals surface area (Å²) in [5, 5.41) is 0. The SMILES string of the molecule is C=CC(=O)N1CCCC1c1ccc[nH]1. The molecule has 2 heterocycles. The Labute approximate surface area is 83.4 Å². The van der Waals surface area contributed by atoms with E-state index in [9.17, 15) is 4.79 Å². The standard InChI is InChI=1S/C11H14N2O/c1-2-11(14)13-8-4-6-10(13)9-5-3-7-12-9/h2-3,5,7,10,12H,1,4,6,8H2. The summed E-state index contributed by atoms with van der Waals surface area (Å²) in [7, 11) is 0. The van der Waals surface area contributed by atoms with E-state index < -0.39 is 0 Å². The first-order valence-electron chi connectivity index (χ1n) is 4.89. The number of likely N-dealkylation sites (tertiary alicyclic amines) is 1. The van der Waals surface area contributed by atoms with Crippen molar-refractivity contribution < 1.29 is 4.79 Å². The number of aromatic amines is 1. The zero-order valence-electron chi connectivity index (χ0n) is 8.07. The summed E-state index contributed by atoms with van der Waals surface area (Å²) in [6.07, 6.45) is 5.40. The van der Waals surface area contributed by atoms with Crippen molar-refractivity contribution in [2.75, 3.05) is 6.54 Å². The molecule has 1 saturated heterocycles. The maximum atomic E-state index is 11.5. The molecule has 74 valence electrons. The Morgan fingerprint density at radius 2 is 2.57 bits per heavy atom. The number of amides is 1. The molecule has 0 bridgehead atoms. The molecule has 1 aromatic heterocycles. The van der Waals surface area contributed by atoms with Crippen LogP contribution in [0.2, 0.25) is 0 Å². The molecule has 1 fully saturated rings. The van der Waals surface area contributed by atoms with Gasteiger partial charge in [0.2, 0.25) is 5.91 Å². The van der Waals surface area contributed by atoms with Crippen molar-refractivity contribution in [3.8, 4) is 0 Å². The number of hydrogen-bond acceptors (Lipinski definition) is 1. The lowest BCUT2D eigenvalue weighted by Crippen LogP contribution is -2.28. The zero-order chi connectivity index (χ0) is 9.97. The highest BCUT2D eigenvalue weighted by Gasteiger charge is 2.28. The fourth-order valence-electron chi connectivity index (χ4n) is 2.02. The summed E-state index contributed by atoms with van der Waals surface area (Å²) in [6, 6.07) is 4.21. The van der Waals surface area contributed by atoms with Crippen LogP contribution in [-0.4, -0.2) is 22.3 Å². The largest absolute Gasteiger partial charge is 0.363 e. The second-order valence-corrected chi connectivity index (χ2v) is 3.52. The van der Waals surface area contributed by atoms with Gasteiger partial charge in [-0.1, -0.05) is 6.58 Å². The molecular weight excluding hydrogens is 176 g/mol. The average Bonchev–Trinajstić information content (AvgIpc) is 2.85. The van der Waals surface area contributed by atoms with Crippen molar-refractivity contribution in [2.24, 2.45) is 0 Å². The van der Waals surface area contributed by atoms with Crippen molar-refractivity contribution in [3.05, 3.63) is 36.7 Å². The van der Waals surface area contributed by atoms with Crippen LogP contribution in [0.5, 0.6) is 0 Å². The summed E-state index contributed by atoms with van der Waals surface area (Å²) in [4.78, 5) is 16.5. The molecule has 0 aliphatic carbocycles. The maximum absolute atomic E-state index is 11.5. The van der Waals surface area contributed by atoms with Crippen molar-refractivity contribution in [1.29, 1.82) is 0 Å². The normalized spacial score (nSPS) is 21.1. The van der Waals surface area contributed by atoms with Crippen molar-refractivity contribution in [1.82, 2.24) is 9.88 Å². The lowest BCUT2D eigenvalue weighted by Gasteiger charge is -2.22. The van der Waals surface area contributed by atoms with Crippen LogP contribution in [0.4, 0.5) is 0 Å². The Kier molecular flexibility index (Phi) is 2.39. The highest BCUT2D eigenvalue weighted by molar-refractivity contribution is 5.87. The average molecular weight is 190 g/mol. The van der Waals surface area contributed by atoms with E-state index in [-0.39, 0.29) is 11.9 Å². The van der Waals surface area contributed by atoms with Crippen LogP contribution in [0.25, 0.3) is 0 Å². The molecule has 3 nitrogen and oxygen atoms in total. The Morgan fingerprint density at radius 1 is 1.71 bits per heavy atom. The summed E-state index contributed by atoms with van der Waals surface area (Å²) >= 11 is 0. The van der Waals surface area contributed by atoms with E-state index in [1.54, 1.807) is 0 Å². The van der Waals surface area contributed by atoms with E-state index >= 15 is 0 Å². The van der Waals surface area contributed by atoms with Gasteiger partial charge in [0.15, 0.2) is 0 Å². The third-order valence-electron chi connectivity index (χ3n) is 2.69. The molecule has 2 rings (SSSR count). The fourth-order valence-corrected chi connectivity index (χ4v) is 2.02. The number of hydrogen-bond donors (Lipinski definition) is 1. The van der Waals surface area contributed by atoms with Crippen LogP contribution in [0.1, 0.15) is 24.6 Å². The van der Waals surface area contributed by atoms with Crippen molar-refractivity contribution in [2.45, 2.75) is 18.9 Å².